The summed E-state index contributed by atoms with van der Waals surface area (Å²) in [6, 6.07) is 0. The molecule has 82 valence electrons. The number of thiocarbonyl (C=S) groups is 1. The van der Waals surface area contributed by atoms with Crippen LogP contribution >= 0.6 is 12.2 Å². The van der Waals surface area contributed by atoms with Gasteiger partial charge in [-0.1, -0.05) is 12.2 Å². The van der Waals surface area contributed by atoms with E-state index < -0.39 is 0 Å². The predicted molar refractivity (Wildman–Crippen MR) is 61.5 cm³/mol. The lowest BCUT2D eigenvalue weighted by Crippen LogP contribution is -2.49. The maximum atomic E-state index is 5.49. The molecule has 5 heteroatoms. The van der Waals surface area contributed by atoms with E-state index in [-0.39, 0.29) is 0 Å². The first-order valence-corrected chi connectivity index (χ1v) is 5.35. The highest BCUT2D eigenvalue weighted by Gasteiger charge is 2.16. The molecule has 2 N–H and O–H groups in total. The van der Waals surface area contributed by atoms with E-state index in [1.807, 2.05) is 0 Å². The van der Waals surface area contributed by atoms with Gasteiger partial charge in [0.2, 0.25) is 0 Å². The topological polar surface area (TPSA) is 41.7 Å². The third-order valence-corrected chi connectivity index (χ3v) is 2.59. The van der Waals surface area contributed by atoms with E-state index >= 15 is 0 Å². The molecule has 0 saturated carbocycles. The van der Waals surface area contributed by atoms with Crippen LogP contribution in [-0.4, -0.2) is 67.8 Å². The molecule has 0 aromatic carbocycles. The van der Waals surface area contributed by atoms with Gasteiger partial charge in [-0.2, -0.15) is 0 Å². The van der Waals surface area contributed by atoms with E-state index in [4.69, 9.17) is 22.7 Å². The SMILES string of the molecule is COCCN1CCN(CC(N)=S)CC1. The standard InChI is InChI=1S/C9H19N3OS/c1-13-7-6-11-2-4-12(5-3-11)8-9(10)14/h2-8H2,1H3,(H2,10,14). The van der Waals surface area contributed by atoms with Crippen LogP contribution in [0.25, 0.3) is 0 Å². The second-order valence-corrected chi connectivity index (χ2v) is 4.10. The normalized spacial score (nSPS) is 19.8. The molecule has 0 atom stereocenters. The van der Waals surface area contributed by atoms with E-state index in [2.05, 4.69) is 9.80 Å². The number of hydrogen-bond donors (Lipinski definition) is 1. The highest BCUT2D eigenvalue weighted by atomic mass is 32.1. The molecule has 0 aliphatic carbocycles. The van der Waals surface area contributed by atoms with Crippen LogP contribution in [0.1, 0.15) is 0 Å². The molecule has 0 spiro atoms. The van der Waals surface area contributed by atoms with Crippen molar-refractivity contribution in [2.45, 2.75) is 0 Å². The Kier molecular flexibility index (Phi) is 5.32. The van der Waals surface area contributed by atoms with E-state index in [1.54, 1.807) is 7.11 Å². The van der Waals surface area contributed by atoms with Crippen molar-refractivity contribution in [2.24, 2.45) is 5.73 Å². The van der Waals surface area contributed by atoms with Crippen LogP contribution in [0.5, 0.6) is 0 Å². The summed E-state index contributed by atoms with van der Waals surface area (Å²) in [5.41, 5.74) is 5.49. The highest BCUT2D eigenvalue weighted by molar-refractivity contribution is 7.80. The minimum absolute atomic E-state index is 0.593. The fourth-order valence-electron chi connectivity index (χ4n) is 1.61. The zero-order valence-corrected chi connectivity index (χ0v) is 9.55. The number of hydrogen-bond acceptors (Lipinski definition) is 4. The van der Waals surface area contributed by atoms with Crippen molar-refractivity contribution in [1.29, 1.82) is 0 Å². The Bertz CT molecular complexity index is 181. The number of rotatable bonds is 5. The molecule has 4 nitrogen and oxygen atoms in total. The second kappa shape index (κ2) is 6.29. The molecular formula is C9H19N3OS. The molecule has 1 rings (SSSR count). The van der Waals surface area contributed by atoms with Crippen molar-refractivity contribution in [3.63, 3.8) is 0 Å². The molecule has 1 heterocycles. The first-order chi connectivity index (χ1) is 6.72. The van der Waals surface area contributed by atoms with Gasteiger partial charge in [0.05, 0.1) is 11.6 Å². The van der Waals surface area contributed by atoms with Crippen LogP contribution in [0, 0.1) is 0 Å². The first kappa shape index (κ1) is 11.8. The van der Waals surface area contributed by atoms with Crippen molar-refractivity contribution in [2.75, 3.05) is 53.0 Å². The minimum atomic E-state index is 0.593. The number of methoxy groups -OCH3 is 1. The van der Waals surface area contributed by atoms with Crippen molar-refractivity contribution < 1.29 is 4.74 Å². The maximum absolute atomic E-state index is 5.49. The average Bonchev–Trinajstić information content (AvgIpc) is 2.16. The van der Waals surface area contributed by atoms with Crippen molar-refractivity contribution in [3.8, 4) is 0 Å². The molecule has 0 amide bonds. The fraction of sp³-hybridized carbons (Fsp3) is 0.889. The predicted octanol–water partition coefficient (Wildman–Crippen LogP) is -0.463. The van der Waals surface area contributed by atoms with Gasteiger partial charge in [0.1, 0.15) is 0 Å². The second-order valence-electron chi connectivity index (χ2n) is 3.58. The monoisotopic (exact) mass is 217 g/mol. The largest absolute Gasteiger partial charge is 0.392 e. The summed E-state index contributed by atoms with van der Waals surface area (Å²) in [6.45, 7) is 6.89. The van der Waals surface area contributed by atoms with Crippen LogP contribution in [0.4, 0.5) is 0 Å². The lowest BCUT2D eigenvalue weighted by molar-refractivity contribution is 0.104. The van der Waals surface area contributed by atoms with Gasteiger partial charge in [0.15, 0.2) is 0 Å². The first-order valence-electron chi connectivity index (χ1n) is 4.94. The molecule has 0 bridgehead atoms. The summed E-state index contributed by atoms with van der Waals surface area (Å²) >= 11 is 4.88. The average molecular weight is 217 g/mol. The maximum Gasteiger partial charge on any atom is 0.0870 e. The molecular weight excluding hydrogens is 198 g/mol. The van der Waals surface area contributed by atoms with Gasteiger partial charge in [-0.25, -0.2) is 0 Å². The quantitative estimate of drug-likeness (QED) is 0.631. The van der Waals surface area contributed by atoms with Crippen LogP contribution in [0.2, 0.25) is 0 Å². The Hall–Kier alpha value is -0.230. The fourth-order valence-corrected chi connectivity index (χ4v) is 1.79. The van der Waals surface area contributed by atoms with Gasteiger partial charge in [0, 0.05) is 46.4 Å². The zero-order chi connectivity index (χ0) is 10.4. The Morgan fingerprint density at radius 2 is 1.86 bits per heavy atom. The molecule has 0 aromatic heterocycles. The summed E-state index contributed by atoms with van der Waals surface area (Å²) in [5.74, 6) is 0. The van der Waals surface area contributed by atoms with Crippen LogP contribution < -0.4 is 5.73 Å². The summed E-state index contributed by atoms with van der Waals surface area (Å²) < 4.78 is 5.04. The molecule has 1 fully saturated rings. The van der Waals surface area contributed by atoms with Gasteiger partial charge in [-0.15, -0.1) is 0 Å². The third kappa shape index (κ3) is 4.32. The minimum Gasteiger partial charge on any atom is -0.392 e. The van der Waals surface area contributed by atoms with Crippen molar-refractivity contribution >= 4 is 17.2 Å². The summed E-state index contributed by atoms with van der Waals surface area (Å²) in [4.78, 5) is 5.29. The summed E-state index contributed by atoms with van der Waals surface area (Å²) in [6.07, 6.45) is 0. The van der Waals surface area contributed by atoms with Crippen molar-refractivity contribution in [1.82, 2.24) is 9.80 Å². The van der Waals surface area contributed by atoms with Gasteiger partial charge in [-0.3, -0.25) is 9.80 Å². The molecule has 14 heavy (non-hydrogen) atoms. The Morgan fingerprint density at radius 3 is 2.36 bits per heavy atom. The van der Waals surface area contributed by atoms with Crippen LogP contribution in [-0.2, 0) is 4.74 Å². The third-order valence-electron chi connectivity index (χ3n) is 2.46. The van der Waals surface area contributed by atoms with Gasteiger partial charge in [-0.05, 0) is 0 Å². The zero-order valence-electron chi connectivity index (χ0n) is 8.74. The smallest absolute Gasteiger partial charge is 0.0870 e. The van der Waals surface area contributed by atoms with Gasteiger partial charge < -0.3 is 10.5 Å². The van der Waals surface area contributed by atoms with E-state index in [9.17, 15) is 0 Å². The number of ether oxygens (including phenoxy) is 1. The number of nitrogens with zero attached hydrogens (tertiary/aromatic N) is 2. The van der Waals surface area contributed by atoms with E-state index in [0.29, 0.717) is 4.99 Å². The lowest BCUT2D eigenvalue weighted by atomic mass is 10.3. The molecule has 0 radical (unpaired) electrons. The number of piperazine rings is 1. The van der Waals surface area contributed by atoms with Crippen LogP contribution in [0.3, 0.4) is 0 Å². The van der Waals surface area contributed by atoms with E-state index in [1.165, 1.54) is 0 Å². The molecule has 1 aliphatic heterocycles. The summed E-state index contributed by atoms with van der Waals surface area (Å²) in [5, 5.41) is 0. The summed E-state index contributed by atoms with van der Waals surface area (Å²) in [7, 11) is 1.74. The number of nitrogens with two attached hydrogens (primary N) is 1. The molecule has 0 unspecified atom stereocenters. The van der Waals surface area contributed by atoms with E-state index in [0.717, 1.165) is 45.9 Å². The molecule has 1 saturated heterocycles. The molecule has 0 aromatic rings. The Balaban J connectivity index is 2.14. The molecule has 1 aliphatic rings. The van der Waals surface area contributed by atoms with Gasteiger partial charge in [0.25, 0.3) is 0 Å². The highest BCUT2D eigenvalue weighted by Crippen LogP contribution is 2.00. The lowest BCUT2D eigenvalue weighted by Gasteiger charge is -2.34. The Morgan fingerprint density at radius 1 is 1.29 bits per heavy atom. The Labute approximate surface area is 91.0 Å². The van der Waals surface area contributed by atoms with Crippen molar-refractivity contribution in [3.05, 3.63) is 0 Å². The van der Waals surface area contributed by atoms with Gasteiger partial charge >= 0.3 is 0 Å². The van der Waals surface area contributed by atoms with Crippen LogP contribution in [0.15, 0.2) is 0 Å².